The summed E-state index contributed by atoms with van der Waals surface area (Å²) in [5.74, 6) is 1.58. The molecule has 8 aromatic rings. The van der Waals surface area contributed by atoms with E-state index in [9.17, 15) is 18.0 Å². The van der Waals surface area contributed by atoms with Gasteiger partial charge in [0.2, 0.25) is 0 Å². The molecule has 2 N–H and O–H groups in total. The second kappa shape index (κ2) is 18.2. The minimum Gasteiger partial charge on any atom is -0.349 e. The lowest BCUT2D eigenvalue weighted by Crippen LogP contribution is -2.25. The number of sulfone groups is 1. The van der Waals surface area contributed by atoms with E-state index in [0.717, 1.165) is 88.4 Å². The van der Waals surface area contributed by atoms with Crippen LogP contribution in [0.25, 0.3) is 56.3 Å². The van der Waals surface area contributed by atoms with Crippen LogP contribution in [0.1, 0.15) is 66.7 Å². The van der Waals surface area contributed by atoms with Crippen LogP contribution in [0.3, 0.4) is 0 Å². The lowest BCUT2D eigenvalue weighted by atomic mass is 10.1. The number of imidazole rings is 2. The van der Waals surface area contributed by atoms with Gasteiger partial charge in [-0.05, 0) is 68.0 Å². The maximum atomic E-state index is 12.4. The van der Waals surface area contributed by atoms with Crippen molar-refractivity contribution in [1.29, 1.82) is 0 Å². The Hall–Kier alpha value is -6.64. The highest BCUT2D eigenvalue weighted by atomic mass is 32.2. The predicted molar refractivity (Wildman–Crippen MR) is 252 cm³/mol. The number of carbonyl (C=O) groups excluding carboxylic acids is 2. The molecule has 4 aromatic carbocycles. The fourth-order valence-corrected chi connectivity index (χ4v) is 9.13. The van der Waals surface area contributed by atoms with Crippen molar-refractivity contribution in [2.24, 2.45) is 5.92 Å². The zero-order chi connectivity index (χ0) is 44.4. The lowest BCUT2D eigenvalue weighted by Gasteiger charge is -2.10. The first-order valence-corrected chi connectivity index (χ1v) is 24.4. The highest BCUT2D eigenvalue weighted by Gasteiger charge is 2.25. The maximum Gasteiger partial charge on any atom is 0.251 e. The molecule has 10 rings (SSSR count). The first-order chi connectivity index (χ1) is 31.0. The van der Waals surface area contributed by atoms with Crippen molar-refractivity contribution in [2.45, 2.75) is 68.1 Å². The van der Waals surface area contributed by atoms with Crippen LogP contribution in [0.2, 0.25) is 0 Å². The molecule has 2 amide bonds. The van der Waals surface area contributed by atoms with Crippen molar-refractivity contribution in [3.05, 3.63) is 145 Å². The molecule has 0 spiro atoms. The Bertz CT molecular complexity index is 3070. The van der Waals surface area contributed by atoms with E-state index in [1.54, 1.807) is 40.7 Å². The standard InChI is InChI=1S/C27H28N4OS.C23H20N4O3S/c1-18(2)14-15-33-27-25-28-16-24(31(25)17-23(30-27)19-6-4-3-5-7-19)20-8-10-21(11-9-20)26(32)29-22-12-13-22;1-31(29,30)23-21-24-13-20(27(21)14-19(26-23)15-5-3-2-4-6-15)16-7-9-17(10-8-16)22(28)25-18-11-12-18/h3-11,16-18,22H,12-15H2,1-2H3,(H,29,32);2-10,13-14,18H,11-12H2,1H3,(H,25,28). The van der Waals surface area contributed by atoms with Gasteiger partial charge in [-0.3, -0.25) is 18.4 Å². The van der Waals surface area contributed by atoms with Gasteiger partial charge in [0.05, 0.1) is 35.2 Å². The number of thioether (sulfide) groups is 1. The Morgan fingerprint density at radius 3 is 1.55 bits per heavy atom. The Balaban J connectivity index is 0.000000162. The molecule has 64 heavy (non-hydrogen) atoms. The molecular weight excluding hydrogens is 841 g/mol. The van der Waals surface area contributed by atoms with Gasteiger partial charge in [0.1, 0.15) is 5.03 Å². The van der Waals surface area contributed by atoms with Crippen LogP contribution < -0.4 is 10.6 Å². The Kier molecular flexibility index (Phi) is 12.1. The lowest BCUT2D eigenvalue weighted by molar-refractivity contribution is 0.0942. The summed E-state index contributed by atoms with van der Waals surface area (Å²) < 4.78 is 28.7. The predicted octanol–water partition coefficient (Wildman–Crippen LogP) is 9.45. The molecule has 4 heterocycles. The van der Waals surface area contributed by atoms with Crippen LogP contribution >= 0.6 is 11.8 Å². The third kappa shape index (κ3) is 9.78. The molecule has 2 fully saturated rings. The van der Waals surface area contributed by atoms with Crippen molar-refractivity contribution in [1.82, 2.24) is 39.4 Å². The first-order valence-electron chi connectivity index (χ1n) is 21.5. The monoisotopic (exact) mass is 888 g/mol. The van der Waals surface area contributed by atoms with E-state index < -0.39 is 9.84 Å². The molecule has 0 aliphatic heterocycles. The number of hydrogen-bond donors (Lipinski definition) is 2. The highest BCUT2D eigenvalue weighted by Crippen LogP contribution is 2.32. The van der Waals surface area contributed by atoms with Gasteiger partial charge in [-0.25, -0.2) is 28.4 Å². The van der Waals surface area contributed by atoms with Crippen molar-refractivity contribution >= 4 is 44.7 Å². The molecule has 4 aromatic heterocycles. The van der Waals surface area contributed by atoms with Crippen LogP contribution in [0.4, 0.5) is 0 Å². The van der Waals surface area contributed by atoms with Crippen LogP contribution in [-0.2, 0) is 9.84 Å². The van der Waals surface area contributed by atoms with Gasteiger partial charge in [-0.2, -0.15) is 0 Å². The molecule has 2 saturated carbocycles. The number of amides is 2. The minimum absolute atomic E-state index is 0.00148. The molecule has 0 bridgehead atoms. The fraction of sp³-hybridized carbons (Fsp3) is 0.240. The second-order valence-corrected chi connectivity index (χ2v) is 19.7. The number of hydrogen-bond acceptors (Lipinski definition) is 9. The van der Waals surface area contributed by atoms with E-state index in [1.807, 2.05) is 91.1 Å². The second-order valence-electron chi connectivity index (χ2n) is 16.7. The number of benzene rings is 4. The van der Waals surface area contributed by atoms with Crippen LogP contribution in [-0.4, -0.2) is 73.1 Å². The zero-order valence-corrected chi connectivity index (χ0v) is 37.4. The number of rotatable bonds is 13. The van der Waals surface area contributed by atoms with E-state index in [1.165, 1.54) is 0 Å². The maximum absolute atomic E-state index is 12.4. The quantitative estimate of drug-likeness (QED) is 0.108. The topological polar surface area (TPSA) is 153 Å². The van der Waals surface area contributed by atoms with Gasteiger partial charge >= 0.3 is 0 Å². The summed E-state index contributed by atoms with van der Waals surface area (Å²) in [6.45, 7) is 4.48. The molecule has 2 aliphatic carbocycles. The molecule has 324 valence electrons. The summed E-state index contributed by atoms with van der Waals surface area (Å²) >= 11 is 1.77. The van der Waals surface area contributed by atoms with Crippen LogP contribution in [0, 0.1) is 5.92 Å². The minimum atomic E-state index is -3.60. The van der Waals surface area contributed by atoms with E-state index in [2.05, 4.69) is 57.2 Å². The molecule has 14 heteroatoms. The third-order valence-electron chi connectivity index (χ3n) is 11.1. The van der Waals surface area contributed by atoms with Gasteiger partial charge in [0, 0.05) is 64.1 Å². The van der Waals surface area contributed by atoms with Crippen molar-refractivity contribution in [3.8, 4) is 45.0 Å². The Morgan fingerprint density at radius 1 is 0.641 bits per heavy atom. The summed E-state index contributed by atoms with van der Waals surface area (Å²) in [6, 6.07) is 35.3. The first kappa shape index (κ1) is 42.7. The molecular formula is C50H48N8O4S2. The number of nitrogens with zero attached hydrogens (tertiary/aromatic N) is 6. The fourth-order valence-electron chi connectivity index (χ4n) is 7.16. The smallest absolute Gasteiger partial charge is 0.251 e. The molecule has 0 atom stereocenters. The summed E-state index contributed by atoms with van der Waals surface area (Å²) in [6.07, 6.45) is 13.9. The largest absolute Gasteiger partial charge is 0.349 e. The van der Waals surface area contributed by atoms with E-state index >= 15 is 0 Å². The molecule has 0 saturated heterocycles. The van der Waals surface area contributed by atoms with Crippen molar-refractivity contribution in [2.75, 3.05) is 12.0 Å². The summed E-state index contributed by atoms with van der Waals surface area (Å²) in [7, 11) is -3.60. The summed E-state index contributed by atoms with van der Waals surface area (Å²) in [4.78, 5) is 43.1. The normalized spacial score (nSPS) is 13.8. The van der Waals surface area contributed by atoms with Gasteiger partial charge in [-0.15, -0.1) is 11.8 Å². The Morgan fingerprint density at radius 2 is 1.09 bits per heavy atom. The number of aromatic nitrogens is 6. The summed E-state index contributed by atoms with van der Waals surface area (Å²) in [5, 5.41) is 6.90. The van der Waals surface area contributed by atoms with Gasteiger partial charge in [-0.1, -0.05) is 98.8 Å². The van der Waals surface area contributed by atoms with E-state index in [4.69, 9.17) is 9.97 Å². The molecule has 2 aliphatic rings. The van der Waals surface area contributed by atoms with Crippen molar-refractivity contribution in [3.63, 3.8) is 0 Å². The average Bonchev–Trinajstić information content (AvgIpc) is 4.22. The zero-order valence-electron chi connectivity index (χ0n) is 35.8. The number of fused-ring (bicyclic) bond motifs is 2. The highest BCUT2D eigenvalue weighted by molar-refractivity contribution is 7.99. The molecule has 0 unspecified atom stereocenters. The third-order valence-corrected chi connectivity index (χ3v) is 13.0. The van der Waals surface area contributed by atoms with Gasteiger partial charge in [0.25, 0.3) is 11.8 Å². The Labute approximate surface area is 376 Å². The van der Waals surface area contributed by atoms with Crippen LogP contribution in [0.5, 0.6) is 0 Å². The van der Waals surface area contributed by atoms with E-state index in [-0.39, 0.29) is 22.5 Å². The van der Waals surface area contributed by atoms with Crippen LogP contribution in [0.15, 0.2) is 144 Å². The number of carbonyl (C=O) groups is 2. The average molecular weight is 889 g/mol. The van der Waals surface area contributed by atoms with Gasteiger partial charge < -0.3 is 10.6 Å². The SMILES string of the molecule is CC(C)CCSc1nc(-c2ccccc2)cn2c(-c3ccc(C(=O)NC4CC4)cc3)cnc12.CS(=O)(=O)c1nc(-c2ccccc2)cn2c(-c3ccc(C(=O)NC4CC4)cc3)cnc12. The van der Waals surface area contributed by atoms with Gasteiger partial charge in [0.15, 0.2) is 26.2 Å². The van der Waals surface area contributed by atoms with Crippen molar-refractivity contribution < 1.29 is 18.0 Å². The molecule has 12 nitrogen and oxygen atoms in total. The molecule has 0 radical (unpaired) electrons. The number of nitrogens with one attached hydrogen (secondary N) is 2. The van der Waals surface area contributed by atoms with E-state index in [0.29, 0.717) is 40.5 Å². The summed E-state index contributed by atoms with van der Waals surface area (Å²) in [5.41, 5.74) is 9.32.